The number of rotatable bonds is 8. The number of carbonyl (C=O) groups is 1. The number of ketones is 1. The molecule has 1 N–H and O–H groups in total. The number of aliphatic hydroxyl groups is 1. The van der Waals surface area contributed by atoms with Crippen LogP contribution in [0.15, 0.2) is 65.6 Å². The van der Waals surface area contributed by atoms with Crippen molar-refractivity contribution < 1.29 is 18.3 Å². The van der Waals surface area contributed by atoms with E-state index in [0.717, 1.165) is 12.0 Å². The van der Waals surface area contributed by atoms with Gasteiger partial charge in [-0.25, -0.2) is 8.42 Å². The number of halogens is 3. The van der Waals surface area contributed by atoms with E-state index in [1.807, 2.05) is 18.2 Å². The first kappa shape index (κ1) is 27.2. The Labute approximate surface area is 227 Å². The van der Waals surface area contributed by atoms with Crippen LogP contribution in [0.2, 0.25) is 15.1 Å². The first-order valence-electron chi connectivity index (χ1n) is 11.8. The molecule has 0 heterocycles. The largest absolute Gasteiger partial charge is 0.393 e. The van der Waals surface area contributed by atoms with Gasteiger partial charge in [-0.15, -0.1) is 0 Å². The van der Waals surface area contributed by atoms with Crippen LogP contribution in [-0.4, -0.2) is 25.4 Å². The maximum atomic E-state index is 13.8. The summed E-state index contributed by atoms with van der Waals surface area (Å²) in [4.78, 5) is 13.2. The third kappa shape index (κ3) is 5.98. The zero-order valence-corrected chi connectivity index (χ0v) is 22.8. The normalized spacial score (nSPS) is 18.5. The molecular weight excluding hydrogens is 539 g/mol. The minimum Gasteiger partial charge on any atom is -0.393 e. The van der Waals surface area contributed by atoms with Crippen molar-refractivity contribution in [3.63, 3.8) is 0 Å². The van der Waals surface area contributed by atoms with Crippen LogP contribution in [0.1, 0.15) is 58.5 Å². The van der Waals surface area contributed by atoms with Crippen LogP contribution in [0.3, 0.4) is 0 Å². The number of benzene rings is 3. The van der Waals surface area contributed by atoms with Crippen LogP contribution in [0.25, 0.3) is 0 Å². The highest BCUT2D eigenvalue weighted by Gasteiger charge is 2.37. The van der Waals surface area contributed by atoms with Crippen LogP contribution >= 0.6 is 34.8 Å². The van der Waals surface area contributed by atoms with Gasteiger partial charge in [0.2, 0.25) is 0 Å². The first-order valence-corrected chi connectivity index (χ1v) is 14.5. The van der Waals surface area contributed by atoms with Crippen molar-refractivity contribution in [3.05, 3.63) is 98.0 Å². The zero-order valence-electron chi connectivity index (χ0n) is 19.8. The molecule has 0 amide bonds. The summed E-state index contributed by atoms with van der Waals surface area (Å²) in [6.07, 6.45) is 2.08. The summed E-state index contributed by atoms with van der Waals surface area (Å²) in [5, 5.41) is 9.93. The molecule has 0 aliphatic heterocycles. The van der Waals surface area contributed by atoms with Crippen LogP contribution in [0, 0.1) is 5.92 Å². The van der Waals surface area contributed by atoms with Crippen molar-refractivity contribution in [2.75, 3.05) is 0 Å². The summed E-state index contributed by atoms with van der Waals surface area (Å²) < 4.78 is 27.6. The number of carbonyl (C=O) groups excluding carboxylic acids is 1. The number of hydrogen-bond donors (Lipinski definition) is 1. The highest BCUT2D eigenvalue weighted by atomic mass is 35.5. The van der Waals surface area contributed by atoms with Gasteiger partial charge in [-0.05, 0) is 85.5 Å². The van der Waals surface area contributed by atoms with Gasteiger partial charge in [0.15, 0.2) is 15.6 Å². The molecule has 3 aromatic carbocycles. The van der Waals surface area contributed by atoms with E-state index in [1.54, 1.807) is 43.3 Å². The molecule has 3 atom stereocenters. The Morgan fingerprint density at radius 3 is 2.39 bits per heavy atom. The maximum Gasteiger partial charge on any atom is 0.185 e. The average molecular weight is 566 g/mol. The Morgan fingerprint density at radius 1 is 1.03 bits per heavy atom. The molecule has 3 aromatic rings. The van der Waals surface area contributed by atoms with E-state index in [-0.39, 0.29) is 38.6 Å². The fourth-order valence-corrected chi connectivity index (χ4v) is 7.73. The quantitative estimate of drug-likeness (QED) is 0.291. The Bertz CT molecular complexity index is 1370. The average Bonchev–Trinajstić information content (AvgIpc) is 2.82. The van der Waals surface area contributed by atoms with Crippen LogP contribution in [0.5, 0.6) is 0 Å². The van der Waals surface area contributed by atoms with Gasteiger partial charge < -0.3 is 5.11 Å². The number of aliphatic hydroxyl groups excluding tert-OH is 1. The van der Waals surface area contributed by atoms with Crippen molar-refractivity contribution in [3.8, 4) is 0 Å². The second kappa shape index (κ2) is 11.2. The summed E-state index contributed by atoms with van der Waals surface area (Å²) >= 11 is 18.6. The first-order chi connectivity index (χ1) is 17.1. The molecular formula is C28H27Cl3O4S. The molecule has 0 bridgehead atoms. The van der Waals surface area contributed by atoms with Crippen molar-refractivity contribution in [2.24, 2.45) is 5.92 Å². The molecule has 190 valence electrons. The van der Waals surface area contributed by atoms with E-state index in [1.165, 1.54) is 6.07 Å². The van der Waals surface area contributed by atoms with Crippen LogP contribution in [0.4, 0.5) is 0 Å². The summed E-state index contributed by atoms with van der Waals surface area (Å²) in [7, 11) is -3.75. The summed E-state index contributed by atoms with van der Waals surface area (Å²) in [6.45, 7) is 1.74. The number of sulfone groups is 1. The third-order valence-corrected chi connectivity index (χ3v) is 9.68. The van der Waals surface area contributed by atoms with E-state index in [2.05, 4.69) is 0 Å². The van der Waals surface area contributed by atoms with Gasteiger partial charge in [0.1, 0.15) is 0 Å². The van der Waals surface area contributed by atoms with Gasteiger partial charge in [0.25, 0.3) is 0 Å². The lowest BCUT2D eigenvalue weighted by atomic mass is 9.80. The summed E-state index contributed by atoms with van der Waals surface area (Å²) in [6, 6.07) is 16.8. The number of hydrogen-bond acceptors (Lipinski definition) is 4. The molecule has 0 spiro atoms. The number of fused-ring (bicyclic) bond motifs is 1. The van der Waals surface area contributed by atoms with Crippen molar-refractivity contribution in [1.82, 2.24) is 0 Å². The molecule has 0 fully saturated rings. The maximum absolute atomic E-state index is 13.8. The zero-order chi connectivity index (χ0) is 26.0. The van der Waals surface area contributed by atoms with Gasteiger partial charge in [0.05, 0.1) is 31.9 Å². The summed E-state index contributed by atoms with van der Waals surface area (Å²) in [5.41, 5.74) is 2.61. The topological polar surface area (TPSA) is 71.4 Å². The predicted octanol–water partition coefficient (Wildman–Crippen LogP) is 7.31. The van der Waals surface area contributed by atoms with E-state index in [4.69, 9.17) is 34.8 Å². The van der Waals surface area contributed by atoms with Crippen molar-refractivity contribution >= 4 is 50.4 Å². The SMILES string of the molecule is C[C@@H](O)CC[C@@H]1Cc2ccc(CC(=O)c3c(Cl)cccc3Cl)cc2C(S(=O)(=O)c2cccc(Cl)c2)C1. The smallest absolute Gasteiger partial charge is 0.185 e. The number of Topliss-reactive ketones (excluding diaryl/α,β-unsaturated/α-hetero) is 1. The fraction of sp³-hybridized carbons (Fsp3) is 0.321. The monoisotopic (exact) mass is 564 g/mol. The fourth-order valence-electron chi connectivity index (χ4n) is 4.90. The Morgan fingerprint density at radius 2 is 1.72 bits per heavy atom. The standard InChI is InChI=1S/C28H27Cl3O4S/c1-17(32)8-9-18-12-20-11-10-19(14-26(33)28-24(30)6-3-7-25(28)31)13-23(20)27(15-18)36(34,35)22-5-2-4-21(29)16-22/h2-7,10-11,13,16-18,27,32H,8-9,12,14-15H2,1H3/t17-,18-,27?/m1/s1. The van der Waals surface area contributed by atoms with Gasteiger partial charge in [-0.1, -0.05) is 65.1 Å². The second-order valence-corrected chi connectivity index (χ2v) is 12.8. The molecule has 0 aromatic heterocycles. The molecule has 1 unspecified atom stereocenters. The Balaban J connectivity index is 1.71. The van der Waals surface area contributed by atoms with E-state index in [0.29, 0.717) is 35.4 Å². The molecule has 0 saturated heterocycles. The predicted molar refractivity (Wildman–Crippen MR) is 145 cm³/mol. The molecule has 1 aliphatic rings. The van der Waals surface area contributed by atoms with E-state index in [9.17, 15) is 18.3 Å². The van der Waals surface area contributed by atoms with Crippen LogP contribution < -0.4 is 0 Å². The lowest BCUT2D eigenvalue weighted by molar-refractivity contribution is 0.0993. The Kier molecular flexibility index (Phi) is 8.48. The molecule has 4 nitrogen and oxygen atoms in total. The third-order valence-electron chi connectivity index (χ3n) is 6.71. The lowest BCUT2D eigenvalue weighted by Crippen LogP contribution is -2.26. The Hall–Kier alpha value is -1.89. The molecule has 0 saturated carbocycles. The van der Waals surface area contributed by atoms with E-state index >= 15 is 0 Å². The van der Waals surface area contributed by atoms with Gasteiger partial charge in [-0.2, -0.15) is 0 Å². The van der Waals surface area contributed by atoms with E-state index < -0.39 is 21.2 Å². The van der Waals surface area contributed by atoms with Gasteiger partial charge >= 0.3 is 0 Å². The molecule has 0 radical (unpaired) electrons. The lowest BCUT2D eigenvalue weighted by Gasteiger charge is -2.32. The van der Waals surface area contributed by atoms with Crippen molar-refractivity contribution in [2.45, 2.75) is 55.3 Å². The molecule has 1 aliphatic carbocycles. The van der Waals surface area contributed by atoms with Gasteiger partial charge in [-0.3, -0.25) is 4.79 Å². The second-order valence-electron chi connectivity index (χ2n) is 9.45. The van der Waals surface area contributed by atoms with Crippen LogP contribution in [-0.2, 0) is 22.7 Å². The summed E-state index contributed by atoms with van der Waals surface area (Å²) in [5.74, 6) is -0.120. The highest BCUT2D eigenvalue weighted by Crippen LogP contribution is 2.43. The molecule has 4 rings (SSSR count). The van der Waals surface area contributed by atoms with Crippen molar-refractivity contribution in [1.29, 1.82) is 0 Å². The molecule has 36 heavy (non-hydrogen) atoms. The molecule has 8 heteroatoms. The minimum absolute atomic E-state index is 0.0477. The van der Waals surface area contributed by atoms with Gasteiger partial charge in [0, 0.05) is 11.4 Å². The highest BCUT2D eigenvalue weighted by molar-refractivity contribution is 7.91. The minimum atomic E-state index is -3.75.